The monoisotopic (exact) mass is 145 g/mol. The average molecular weight is 145 g/mol. The third-order valence-electron chi connectivity index (χ3n) is 1.85. The molecular weight excluding hydrogens is 133 g/mol. The van der Waals surface area contributed by atoms with Gasteiger partial charge in [-0.15, -0.1) is 4.39 Å². The van der Waals surface area contributed by atoms with Crippen LogP contribution in [0.1, 0.15) is 25.7 Å². The van der Waals surface area contributed by atoms with Crippen LogP contribution in [0.3, 0.4) is 0 Å². The van der Waals surface area contributed by atoms with Crippen LogP contribution in [0, 0.1) is 0 Å². The van der Waals surface area contributed by atoms with Crippen LogP contribution in [0.4, 0.5) is 9.18 Å². The molecule has 3 heteroatoms. The molecule has 0 spiro atoms. The van der Waals surface area contributed by atoms with E-state index in [1.807, 2.05) is 0 Å². The summed E-state index contributed by atoms with van der Waals surface area (Å²) in [6.45, 7) is 1.21. The van der Waals surface area contributed by atoms with Crippen LogP contribution < -0.4 is 0 Å². The number of rotatable bonds is 0. The first-order chi connectivity index (χ1) is 4.80. The van der Waals surface area contributed by atoms with Gasteiger partial charge in [-0.3, -0.25) is 0 Å². The van der Waals surface area contributed by atoms with Gasteiger partial charge in [0, 0.05) is 13.1 Å². The summed E-state index contributed by atoms with van der Waals surface area (Å²) in [4.78, 5) is 11.5. The fourth-order valence-corrected chi connectivity index (χ4v) is 1.25. The number of amides is 1. The zero-order chi connectivity index (χ0) is 7.40. The normalized spacial score (nSPS) is 20.3. The van der Waals surface area contributed by atoms with Gasteiger partial charge >= 0.3 is 6.16 Å². The van der Waals surface area contributed by atoms with E-state index in [0.29, 0.717) is 13.1 Å². The molecule has 0 aromatic rings. The fraction of sp³-hybridized carbons (Fsp3) is 0.857. The topological polar surface area (TPSA) is 20.3 Å². The van der Waals surface area contributed by atoms with Crippen molar-refractivity contribution in [1.82, 2.24) is 4.90 Å². The van der Waals surface area contributed by atoms with E-state index < -0.39 is 6.16 Å². The lowest BCUT2D eigenvalue weighted by Gasteiger charge is -2.13. The summed E-state index contributed by atoms with van der Waals surface area (Å²) in [6, 6.07) is 0. The average Bonchev–Trinajstić information content (AvgIpc) is 2.12. The highest BCUT2D eigenvalue weighted by atomic mass is 19.1. The summed E-state index contributed by atoms with van der Waals surface area (Å²) in [7, 11) is 0. The van der Waals surface area contributed by atoms with Crippen molar-refractivity contribution in [2.24, 2.45) is 0 Å². The number of hydrogen-bond acceptors (Lipinski definition) is 1. The summed E-state index contributed by atoms with van der Waals surface area (Å²) >= 11 is 0. The molecule has 1 aliphatic heterocycles. The van der Waals surface area contributed by atoms with Crippen molar-refractivity contribution >= 4 is 6.16 Å². The van der Waals surface area contributed by atoms with Gasteiger partial charge in [0.05, 0.1) is 0 Å². The molecule has 1 aliphatic rings. The SMILES string of the molecule is O=C(F)N1CCCCCC1. The summed E-state index contributed by atoms with van der Waals surface area (Å²) in [6.07, 6.45) is 2.90. The zero-order valence-electron chi connectivity index (χ0n) is 5.98. The molecule has 1 heterocycles. The molecule has 0 saturated carbocycles. The molecule has 0 aliphatic carbocycles. The van der Waals surface area contributed by atoms with E-state index in [-0.39, 0.29) is 0 Å². The predicted octanol–water partition coefficient (Wildman–Crippen LogP) is 1.95. The van der Waals surface area contributed by atoms with E-state index >= 15 is 0 Å². The highest BCUT2D eigenvalue weighted by molar-refractivity contribution is 5.65. The molecule has 10 heavy (non-hydrogen) atoms. The van der Waals surface area contributed by atoms with Gasteiger partial charge in [-0.05, 0) is 12.8 Å². The van der Waals surface area contributed by atoms with E-state index in [2.05, 4.69) is 0 Å². The minimum atomic E-state index is -1.26. The Morgan fingerprint density at radius 3 is 2.00 bits per heavy atom. The summed E-state index contributed by atoms with van der Waals surface area (Å²) < 4.78 is 12.1. The molecule has 0 aromatic heterocycles. The second-order valence-corrected chi connectivity index (χ2v) is 2.65. The molecule has 0 unspecified atom stereocenters. The number of likely N-dealkylation sites (tertiary alicyclic amines) is 1. The molecule has 58 valence electrons. The van der Waals surface area contributed by atoms with E-state index in [0.717, 1.165) is 25.7 Å². The Bertz CT molecular complexity index is 119. The van der Waals surface area contributed by atoms with Crippen LogP contribution >= 0.6 is 0 Å². The second kappa shape index (κ2) is 3.54. The highest BCUT2D eigenvalue weighted by Crippen LogP contribution is 2.09. The third-order valence-corrected chi connectivity index (χ3v) is 1.85. The standard InChI is InChI=1S/C7H12FNO/c8-7(10)9-5-3-1-2-4-6-9/h1-6H2. The first-order valence-electron chi connectivity index (χ1n) is 3.75. The maximum absolute atomic E-state index is 12.1. The fourth-order valence-electron chi connectivity index (χ4n) is 1.25. The molecule has 0 radical (unpaired) electrons. The minimum absolute atomic E-state index is 0.606. The first-order valence-corrected chi connectivity index (χ1v) is 3.75. The lowest BCUT2D eigenvalue weighted by Crippen LogP contribution is -2.27. The number of nitrogens with zero attached hydrogens (tertiary/aromatic N) is 1. The van der Waals surface area contributed by atoms with Gasteiger partial charge in [-0.1, -0.05) is 12.8 Å². The quantitative estimate of drug-likeness (QED) is 0.377. The molecule has 1 rings (SSSR count). The van der Waals surface area contributed by atoms with Crippen LogP contribution in [0.2, 0.25) is 0 Å². The van der Waals surface area contributed by atoms with Gasteiger partial charge in [0.1, 0.15) is 0 Å². The zero-order valence-corrected chi connectivity index (χ0v) is 5.98. The molecule has 2 nitrogen and oxygen atoms in total. The lowest BCUT2D eigenvalue weighted by atomic mass is 10.2. The lowest BCUT2D eigenvalue weighted by molar-refractivity contribution is 0.176. The van der Waals surface area contributed by atoms with Gasteiger partial charge in [-0.25, -0.2) is 4.79 Å². The Balaban J connectivity index is 2.35. The molecule has 0 bridgehead atoms. The van der Waals surface area contributed by atoms with E-state index in [1.54, 1.807) is 0 Å². The second-order valence-electron chi connectivity index (χ2n) is 2.65. The van der Waals surface area contributed by atoms with Gasteiger partial charge in [0.25, 0.3) is 0 Å². The molecule has 1 saturated heterocycles. The van der Waals surface area contributed by atoms with Crippen molar-refractivity contribution in [2.75, 3.05) is 13.1 Å². The van der Waals surface area contributed by atoms with Gasteiger partial charge in [-0.2, -0.15) is 0 Å². The van der Waals surface area contributed by atoms with E-state index in [4.69, 9.17) is 0 Å². The smallest absolute Gasteiger partial charge is 0.315 e. The summed E-state index contributed by atoms with van der Waals surface area (Å²) in [5.74, 6) is 0. The van der Waals surface area contributed by atoms with Crippen LogP contribution in [-0.2, 0) is 0 Å². The molecular formula is C7H12FNO. The van der Waals surface area contributed by atoms with Gasteiger partial charge < -0.3 is 4.90 Å². The van der Waals surface area contributed by atoms with Crippen molar-refractivity contribution in [3.63, 3.8) is 0 Å². The Morgan fingerprint density at radius 1 is 1.10 bits per heavy atom. The maximum Gasteiger partial charge on any atom is 0.400 e. The number of carbonyl (C=O) groups is 1. The molecule has 1 fully saturated rings. The Labute approximate surface area is 60.0 Å². The predicted molar refractivity (Wildman–Crippen MR) is 36.5 cm³/mol. The van der Waals surface area contributed by atoms with Crippen molar-refractivity contribution in [3.8, 4) is 0 Å². The largest absolute Gasteiger partial charge is 0.400 e. The number of carbonyl (C=O) groups excluding carboxylic acids is 1. The summed E-state index contributed by atoms with van der Waals surface area (Å²) in [5, 5.41) is 0. The van der Waals surface area contributed by atoms with Crippen LogP contribution in [-0.4, -0.2) is 24.2 Å². The van der Waals surface area contributed by atoms with Gasteiger partial charge in [0.2, 0.25) is 0 Å². The number of hydrogen-bond donors (Lipinski definition) is 0. The number of halogens is 1. The van der Waals surface area contributed by atoms with Crippen molar-refractivity contribution in [3.05, 3.63) is 0 Å². The van der Waals surface area contributed by atoms with Crippen molar-refractivity contribution in [2.45, 2.75) is 25.7 Å². The first kappa shape index (κ1) is 7.51. The molecule has 0 aromatic carbocycles. The van der Waals surface area contributed by atoms with Crippen LogP contribution in [0.15, 0.2) is 0 Å². The summed E-state index contributed by atoms with van der Waals surface area (Å²) in [5.41, 5.74) is 0. The van der Waals surface area contributed by atoms with Crippen molar-refractivity contribution in [1.29, 1.82) is 0 Å². The van der Waals surface area contributed by atoms with Crippen LogP contribution in [0.25, 0.3) is 0 Å². The van der Waals surface area contributed by atoms with Crippen molar-refractivity contribution < 1.29 is 9.18 Å². The molecule has 0 N–H and O–H groups in total. The Morgan fingerprint density at radius 2 is 1.60 bits per heavy atom. The van der Waals surface area contributed by atoms with Gasteiger partial charge in [0.15, 0.2) is 0 Å². The highest BCUT2D eigenvalue weighted by Gasteiger charge is 2.13. The van der Waals surface area contributed by atoms with Crippen LogP contribution in [0.5, 0.6) is 0 Å². The Hall–Kier alpha value is -0.600. The Kier molecular flexibility index (Phi) is 2.66. The molecule has 0 atom stereocenters. The van der Waals surface area contributed by atoms with E-state index in [1.165, 1.54) is 4.90 Å². The van der Waals surface area contributed by atoms with E-state index in [9.17, 15) is 9.18 Å². The maximum atomic E-state index is 12.1. The third kappa shape index (κ3) is 1.97. The molecule has 1 amide bonds. The minimum Gasteiger partial charge on any atom is -0.315 e.